The fourth-order valence-corrected chi connectivity index (χ4v) is 2.05. The summed E-state index contributed by atoms with van der Waals surface area (Å²) >= 11 is 0. The molecule has 0 aromatic heterocycles. The lowest BCUT2D eigenvalue weighted by molar-refractivity contribution is 1.50. The Bertz CT molecular complexity index is 708. The molecule has 0 bridgehead atoms. The lowest BCUT2D eigenvalue weighted by Gasteiger charge is -2.03. The van der Waals surface area contributed by atoms with Crippen LogP contribution >= 0.6 is 0 Å². The van der Waals surface area contributed by atoms with Crippen LogP contribution in [0.3, 0.4) is 0 Å². The number of anilines is 1. The van der Waals surface area contributed by atoms with Crippen molar-refractivity contribution < 1.29 is 0 Å². The number of nitrogens with zero attached hydrogens (tertiary/aromatic N) is 1. The van der Waals surface area contributed by atoms with Gasteiger partial charge in [0.25, 0.3) is 0 Å². The molecule has 2 nitrogen and oxygen atoms in total. The van der Waals surface area contributed by atoms with Gasteiger partial charge >= 0.3 is 0 Å². The zero-order valence-corrected chi connectivity index (χ0v) is 11.6. The van der Waals surface area contributed by atoms with Crippen LogP contribution in [0.2, 0.25) is 0 Å². The van der Waals surface area contributed by atoms with E-state index in [0.29, 0.717) is 0 Å². The van der Waals surface area contributed by atoms with E-state index in [1.54, 1.807) is 0 Å². The van der Waals surface area contributed by atoms with Crippen LogP contribution in [0.25, 0.3) is 0 Å². The molecule has 1 N–H and O–H groups in total. The van der Waals surface area contributed by atoms with E-state index in [1.165, 1.54) is 0 Å². The van der Waals surface area contributed by atoms with Crippen LogP contribution in [-0.2, 0) is 0 Å². The molecule has 0 saturated carbocycles. The monoisotopic (exact) mass is 272 g/mol. The molecule has 0 atom stereocenters. The first-order valence-electron chi connectivity index (χ1n) is 6.91. The highest BCUT2D eigenvalue weighted by Crippen LogP contribution is 2.19. The van der Waals surface area contributed by atoms with Crippen molar-refractivity contribution in [3.8, 4) is 0 Å². The number of hydrogen-bond donors (Lipinski definition) is 1. The maximum absolute atomic E-state index is 4.49. The highest BCUT2D eigenvalue weighted by Gasteiger charge is 2.03. The SMILES string of the molecule is C1=C/C(=C\Nc2ccccc2)C(C=Nc2ccccc2)=C1. The summed E-state index contributed by atoms with van der Waals surface area (Å²) in [5.41, 5.74) is 4.26. The lowest BCUT2D eigenvalue weighted by Crippen LogP contribution is -1.92. The molecular formula is C19H16N2. The van der Waals surface area contributed by atoms with Crippen molar-refractivity contribution in [2.75, 3.05) is 5.32 Å². The minimum atomic E-state index is 0.959. The number of hydrogen-bond acceptors (Lipinski definition) is 2. The summed E-state index contributed by atoms with van der Waals surface area (Å²) in [6.45, 7) is 0. The molecule has 21 heavy (non-hydrogen) atoms. The molecule has 2 aromatic carbocycles. The van der Waals surface area contributed by atoms with E-state index in [0.717, 1.165) is 22.5 Å². The first kappa shape index (κ1) is 13.1. The summed E-state index contributed by atoms with van der Waals surface area (Å²) in [6, 6.07) is 20.1. The van der Waals surface area contributed by atoms with E-state index in [1.807, 2.05) is 79.2 Å². The highest BCUT2D eigenvalue weighted by atomic mass is 14.8. The molecule has 0 radical (unpaired) electrons. The quantitative estimate of drug-likeness (QED) is 0.788. The van der Waals surface area contributed by atoms with Crippen molar-refractivity contribution in [2.45, 2.75) is 0 Å². The summed E-state index contributed by atoms with van der Waals surface area (Å²) in [6.07, 6.45) is 10.1. The molecule has 0 heterocycles. The second-order valence-corrected chi connectivity index (χ2v) is 4.68. The molecule has 2 heteroatoms. The standard InChI is InChI=1S/C19H16N2/c1-3-10-18(11-4-1)20-14-16-8-7-9-17(16)15-21-19-12-5-2-6-13-19/h1-15,20H/b16-14+,21-15?. The molecule has 0 aliphatic heterocycles. The molecule has 102 valence electrons. The van der Waals surface area contributed by atoms with Gasteiger partial charge in [-0.3, -0.25) is 4.99 Å². The van der Waals surface area contributed by atoms with Gasteiger partial charge in [0.15, 0.2) is 0 Å². The van der Waals surface area contributed by atoms with E-state index in [-0.39, 0.29) is 0 Å². The minimum Gasteiger partial charge on any atom is -0.361 e. The summed E-state index contributed by atoms with van der Waals surface area (Å²) in [5.74, 6) is 0. The molecular weight excluding hydrogens is 256 g/mol. The average Bonchev–Trinajstić information content (AvgIpc) is 3.00. The van der Waals surface area contributed by atoms with E-state index in [4.69, 9.17) is 0 Å². The Balaban J connectivity index is 1.70. The predicted molar refractivity (Wildman–Crippen MR) is 90.0 cm³/mol. The second kappa shape index (κ2) is 6.53. The zero-order valence-electron chi connectivity index (χ0n) is 11.6. The normalized spacial score (nSPS) is 15.6. The van der Waals surface area contributed by atoms with Gasteiger partial charge in [0.1, 0.15) is 0 Å². The molecule has 3 rings (SSSR count). The van der Waals surface area contributed by atoms with Crippen LogP contribution in [0.4, 0.5) is 11.4 Å². The summed E-state index contributed by atoms with van der Waals surface area (Å²) in [5, 5.41) is 3.30. The molecule has 0 amide bonds. The Morgan fingerprint density at radius 3 is 2.33 bits per heavy atom. The fourth-order valence-electron chi connectivity index (χ4n) is 2.05. The van der Waals surface area contributed by atoms with E-state index < -0.39 is 0 Å². The van der Waals surface area contributed by atoms with Gasteiger partial charge in [-0.1, -0.05) is 54.6 Å². The van der Waals surface area contributed by atoms with E-state index in [2.05, 4.69) is 22.5 Å². The predicted octanol–water partition coefficient (Wildman–Crippen LogP) is 4.88. The van der Waals surface area contributed by atoms with Crippen LogP contribution < -0.4 is 5.32 Å². The minimum absolute atomic E-state index is 0.959. The highest BCUT2D eigenvalue weighted by molar-refractivity contribution is 5.89. The lowest BCUT2D eigenvalue weighted by atomic mass is 10.1. The van der Waals surface area contributed by atoms with Crippen molar-refractivity contribution >= 4 is 17.6 Å². The Kier molecular flexibility index (Phi) is 4.08. The zero-order chi connectivity index (χ0) is 14.3. The Labute approximate surface area is 124 Å². The third kappa shape index (κ3) is 3.57. The fraction of sp³-hybridized carbons (Fsp3) is 0. The van der Waals surface area contributed by atoms with Crippen molar-refractivity contribution in [1.29, 1.82) is 0 Å². The van der Waals surface area contributed by atoms with Crippen LogP contribution in [0.5, 0.6) is 0 Å². The second-order valence-electron chi connectivity index (χ2n) is 4.68. The van der Waals surface area contributed by atoms with Gasteiger partial charge in [0.05, 0.1) is 5.69 Å². The van der Waals surface area contributed by atoms with Gasteiger partial charge in [0, 0.05) is 23.7 Å². The first-order valence-corrected chi connectivity index (χ1v) is 6.91. The number of rotatable bonds is 4. The molecule has 0 fully saturated rings. The Morgan fingerprint density at radius 1 is 0.857 bits per heavy atom. The Hall–Kier alpha value is -2.87. The maximum Gasteiger partial charge on any atom is 0.0629 e. The van der Waals surface area contributed by atoms with E-state index >= 15 is 0 Å². The number of para-hydroxylation sites is 2. The summed E-state index contributed by atoms with van der Waals surface area (Å²) in [7, 11) is 0. The largest absolute Gasteiger partial charge is 0.361 e. The topological polar surface area (TPSA) is 24.4 Å². The third-order valence-corrected chi connectivity index (χ3v) is 3.16. The van der Waals surface area contributed by atoms with Crippen LogP contribution in [0.1, 0.15) is 0 Å². The van der Waals surface area contributed by atoms with Gasteiger partial charge in [-0.15, -0.1) is 0 Å². The van der Waals surface area contributed by atoms with Gasteiger partial charge in [-0.05, 0) is 29.8 Å². The van der Waals surface area contributed by atoms with Crippen LogP contribution in [0, 0.1) is 0 Å². The third-order valence-electron chi connectivity index (χ3n) is 3.16. The number of nitrogens with one attached hydrogen (secondary N) is 1. The molecule has 0 spiro atoms. The number of aliphatic imine (C=N–C) groups is 1. The van der Waals surface area contributed by atoms with Crippen molar-refractivity contribution in [3.63, 3.8) is 0 Å². The van der Waals surface area contributed by atoms with Gasteiger partial charge < -0.3 is 5.32 Å². The number of allylic oxidation sites excluding steroid dienone is 5. The summed E-state index contributed by atoms with van der Waals surface area (Å²) in [4.78, 5) is 4.49. The smallest absolute Gasteiger partial charge is 0.0629 e. The molecule has 2 aromatic rings. The van der Waals surface area contributed by atoms with Gasteiger partial charge in [0.2, 0.25) is 0 Å². The van der Waals surface area contributed by atoms with E-state index in [9.17, 15) is 0 Å². The number of benzene rings is 2. The molecule has 1 aliphatic rings. The van der Waals surface area contributed by atoms with Gasteiger partial charge in [-0.2, -0.15) is 0 Å². The van der Waals surface area contributed by atoms with Gasteiger partial charge in [-0.25, -0.2) is 0 Å². The summed E-state index contributed by atoms with van der Waals surface area (Å²) < 4.78 is 0. The van der Waals surface area contributed by atoms with Crippen molar-refractivity contribution in [3.05, 3.63) is 96.2 Å². The Morgan fingerprint density at radius 2 is 1.57 bits per heavy atom. The van der Waals surface area contributed by atoms with Crippen LogP contribution in [0.15, 0.2) is 101 Å². The molecule has 0 saturated heterocycles. The van der Waals surface area contributed by atoms with Crippen molar-refractivity contribution in [1.82, 2.24) is 0 Å². The molecule has 0 unspecified atom stereocenters. The molecule has 1 aliphatic carbocycles. The average molecular weight is 272 g/mol. The maximum atomic E-state index is 4.49. The van der Waals surface area contributed by atoms with Crippen LogP contribution in [-0.4, -0.2) is 6.21 Å². The first-order chi connectivity index (χ1) is 10.4. The van der Waals surface area contributed by atoms with Crippen molar-refractivity contribution in [2.24, 2.45) is 4.99 Å².